The molecule has 1 radical (unpaired) electrons. The van der Waals surface area contributed by atoms with E-state index < -0.39 is 18.5 Å². The minimum atomic E-state index is -5.50. The molecule has 0 unspecified atom stereocenters. The first-order valence-corrected chi connectivity index (χ1v) is 2.45. The van der Waals surface area contributed by atoms with Crippen molar-refractivity contribution in [2.45, 2.75) is 18.5 Å². The summed E-state index contributed by atoms with van der Waals surface area (Å²) in [5, 5.41) is 0. The van der Waals surface area contributed by atoms with Crippen LogP contribution in [0, 0.1) is 0 Å². The van der Waals surface area contributed by atoms with Gasteiger partial charge in [0.05, 0.1) is 12.9 Å². The Hall–Kier alpha value is -0.110. The molecule has 0 fully saturated rings. The molecule has 0 amide bonds. The molecule has 67 valence electrons. The molecular formula is C3HF6OS. The Morgan fingerprint density at radius 3 is 1.18 bits per heavy atom. The molecule has 0 bridgehead atoms. The van der Waals surface area contributed by atoms with Crippen LogP contribution < -0.4 is 0 Å². The van der Waals surface area contributed by atoms with Crippen LogP contribution in [0.15, 0.2) is 0 Å². The van der Waals surface area contributed by atoms with Crippen LogP contribution in [-0.4, -0.2) is 18.5 Å². The summed E-state index contributed by atoms with van der Waals surface area (Å²) in [4.78, 5) is 0. The van der Waals surface area contributed by atoms with Crippen LogP contribution in [-0.2, 0) is 4.18 Å². The van der Waals surface area contributed by atoms with Crippen LogP contribution in [0.2, 0.25) is 0 Å². The quantitative estimate of drug-likeness (QED) is 0.590. The molecule has 0 saturated heterocycles. The van der Waals surface area contributed by atoms with E-state index in [0.29, 0.717) is 0 Å². The minimum Gasteiger partial charge on any atom is -0.281 e. The normalized spacial score (nSPS) is 14.2. The van der Waals surface area contributed by atoms with Gasteiger partial charge in [-0.2, -0.15) is 26.3 Å². The molecular weight excluding hydrogens is 198 g/mol. The van der Waals surface area contributed by atoms with E-state index in [4.69, 9.17) is 0 Å². The number of hydrogen-bond acceptors (Lipinski definition) is 1. The van der Waals surface area contributed by atoms with E-state index >= 15 is 0 Å². The van der Waals surface area contributed by atoms with Crippen LogP contribution in [0.4, 0.5) is 26.3 Å². The summed E-state index contributed by atoms with van der Waals surface area (Å²) < 4.78 is 70.6. The zero-order valence-electron chi connectivity index (χ0n) is 4.66. The zero-order valence-corrected chi connectivity index (χ0v) is 5.48. The maximum Gasteiger partial charge on any atom is 0.424 e. The highest BCUT2D eigenvalue weighted by Crippen LogP contribution is 2.35. The molecule has 0 aromatic carbocycles. The van der Waals surface area contributed by atoms with Crippen molar-refractivity contribution in [2.24, 2.45) is 0 Å². The number of hydrogen-bond donors (Lipinski definition) is 0. The molecule has 0 heterocycles. The SMILES string of the molecule is FC(F)(F)C(O[S])C(F)(F)F. The van der Waals surface area contributed by atoms with Crippen LogP contribution in [0.1, 0.15) is 0 Å². The van der Waals surface area contributed by atoms with E-state index in [9.17, 15) is 26.3 Å². The van der Waals surface area contributed by atoms with E-state index in [1.54, 1.807) is 0 Å². The third-order valence-corrected chi connectivity index (χ3v) is 0.883. The molecule has 0 N–H and O–H groups in total. The molecule has 0 rings (SSSR count). The van der Waals surface area contributed by atoms with Crippen molar-refractivity contribution in [3.63, 3.8) is 0 Å². The lowest BCUT2D eigenvalue weighted by Crippen LogP contribution is -2.42. The fourth-order valence-electron chi connectivity index (χ4n) is 0.295. The van der Waals surface area contributed by atoms with Crippen molar-refractivity contribution >= 4 is 12.9 Å². The lowest BCUT2D eigenvalue weighted by molar-refractivity contribution is -0.296. The lowest BCUT2D eigenvalue weighted by atomic mass is 10.3. The number of halogens is 6. The second-order valence-electron chi connectivity index (χ2n) is 1.56. The van der Waals surface area contributed by atoms with Crippen LogP contribution >= 0.6 is 12.9 Å². The summed E-state index contributed by atoms with van der Waals surface area (Å²) in [7, 11) is 0. The Balaban J connectivity index is 4.43. The maximum atomic E-state index is 11.3. The Labute approximate surface area is 62.9 Å². The van der Waals surface area contributed by atoms with Gasteiger partial charge in [-0.25, -0.2) is 0 Å². The Kier molecular flexibility index (Phi) is 3.06. The third kappa shape index (κ3) is 3.19. The van der Waals surface area contributed by atoms with Gasteiger partial charge in [0.1, 0.15) is 0 Å². The molecule has 0 aliphatic rings. The molecule has 0 aromatic heterocycles. The maximum absolute atomic E-state index is 11.3. The second-order valence-corrected chi connectivity index (χ2v) is 1.75. The van der Waals surface area contributed by atoms with Crippen molar-refractivity contribution in [3.8, 4) is 0 Å². The van der Waals surface area contributed by atoms with Gasteiger partial charge in [-0.05, 0) is 0 Å². The van der Waals surface area contributed by atoms with E-state index in [1.807, 2.05) is 0 Å². The van der Waals surface area contributed by atoms with E-state index in [1.165, 1.54) is 0 Å². The molecule has 11 heavy (non-hydrogen) atoms. The highest BCUT2D eigenvalue weighted by molar-refractivity contribution is 7.75. The largest absolute Gasteiger partial charge is 0.424 e. The van der Waals surface area contributed by atoms with Crippen molar-refractivity contribution in [2.75, 3.05) is 0 Å². The second kappa shape index (κ2) is 3.10. The predicted molar refractivity (Wildman–Crippen MR) is 24.6 cm³/mol. The first kappa shape index (κ1) is 10.9. The highest BCUT2D eigenvalue weighted by Gasteiger charge is 2.58. The monoisotopic (exact) mass is 199 g/mol. The van der Waals surface area contributed by atoms with Gasteiger partial charge in [0.2, 0.25) is 0 Å². The van der Waals surface area contributed by atoms with E-state index in [-0.39, 0.29) is 0 Å². The molecule has 0 aliphatic carbocycles. The molecule has 0 aromatic rings. The highest BCUT2D eigenvalue weighted by atomic mass is 32.1. The Morgan fingerprint density at radius 2 is 1.18 bits per heavy atom. The van der Waals surface area contributed by atoms with Crippen LogP contribution in [0.3, 0.4) is 0 Å². The Bertz CT molecular complexity index is 113. The molecule has 1 nitrogen and oxygen atoms in total. The van der Waals surface area contributed by atoms with E-state index in [0.717, 1.165) is 0 Å². The number of alkyl halides is 6. The van der Waals surface area contributed by atoms with Crippen molar-refractivity contribution in [1.82, 2.24) is 0 Å². The van der Waals surface area contributed by atoms with Crippen molar-refractivity contribution < 1.29 is 30.5 Å². The predicted octanol–water partition coefficient (Wildman–Crippen LogP) is 2.61. The lowest BCUT2D eigenvalue weighted by Gasteiger charge is -2.19. The molecule has 8 heteroatoms. The first-order chi connectivity index (χ1) is 4.69. The average molecular weight is 199 g/mol. The third-order valence-electron chi connectivity index (χ3n) is 0.691. The topological polar surface area (TPSA) is 9.23 Å². The molecule has 0 spiro atoms. The van der Waals surface area contributed by atoms with Gasteiger partial charge in [-0.1, -0.05) is 0 Å². The van der Waals surface area contributed by atoms with Crippen molar-refractivity contribution in [1.29, 1.82) is 0 Å². The molecule has 0 aliphatic heterocycles. The Morgan fingerprint density at radius 1 is 0.909 bits per heavy atom. The zero-order chi connectivity index (χ0) is 9.28. The van der Waals surface area contributed by atoms with Gasteiger partial charge in [-0.3, -0.25) is 4.18 Å². The van der Waals surface area contributed by atoms with Gasteiger partial charge in [0, 0.05) is 0 Å². The first-order valence-electron chi connectivity index (χ1n) is 2.11. The van der Waals surface area contributed by atoms with Gasteiger partial charge in [-0.15, -0.1) is 0 Å². The van der Waals surface area contributed by atoms with Gasteiger partial charge in [0.25, 0.3) is 6.10 Å². The van der Waals surface area contributed by atoms with Crippen LogP contribution in [0.25, 0.3) is 0 Å². The fourth-order valence-corrected chi connectivity index (χ4v) is 0.513. The summed E-state index contributed by atoms with van der Waals surface area (Å²) in [6.45, 7) is 0. The van der Waals surface area contributed by atoms with Gasteiger partial charge >= 0.3 is 12.4 Å². The summed E-state index contributed by atoms with van der Waals surface area (Å²) in [5.74, 6) is 0. The average Bonchev–Trinajstić information content (AvgIpc) is 1.56. The summed E-state index contributed by atoms with van der Waals surface area (Å²) in [5.41, 5.74) is 0. The fraction of sp³-hybridized carbons (Fsp3) is 1.00. The molecule has 0 saturated carbocycles. The van der Waals surface area contributed by atoms with Gasteiger partial charge in [0.15, 0.2) is 0 Å². The molecule has 0 atom stereocenters. The number of rotatable bonds is 1. The van der Waals surface area contributed by atoms with Crippen molar-refractivity contribution in [3.05, 3.63) is 0 Å². The van der Waals surface area contributed by atoms with Gasteiger partial charge < -0.3 is 0 Å². The smallest absolute Gasteiger partial charge is 0.281 e. The summed E-state index contributed by atoms with van der Waals surface area (Å²) >= 11 is 3.23. The standard InChI is InChI=1S/C3HF6OS/c4-2(5,6)1(10-11)3(7,8)9/h1H. The van der Waals surface area contributed by atoms with Crippen LogP contribution in [0.5, 0.6) is 0 Å². The van der Waals surface area contributed by atoms with E-state index in [2.05, 4.69) is 17.1 Å². The minimum absolute atomic E-state index is 2.81. The summed E-state index contributed by atoms with van der Waals surface area (Å²) in [6, 6.07) is 0. The summed E-state index contributed by atoms with van der Waals surface area (Å²) in [6.07, 6.45) is -14.9.